The Morgan fingerprint density at radius 1 is 0.955 bits per heavy atom. The van der Waals surface area contributed by atoms with Crippen LogP contribution < -0.4 is 4.74 Å². The maximum absolute atomic E-state index is 11.6. The minimum Gasteiger partial charge on any atom is -0.482 e. The lowest BCUT2D eigenvalue weighted by Gasteiger charge is -2.07. The SMILES string of the molecule is COC(=O)c1ccc(OCC(=O)OCc2ccccc2)cc1. The molecule has 5 nitrogen and oxygen atoms in total. The second-order valence-corrected chi connectivity index (χ2v) is 4.45. The first-order chi connectivity index (χ1) is 10.7. The Labute approximate surface area is 128 Å². The maximum Gasteiger partial charge on any atom is 0.344 e. The third-order valence-electron chi connectivity index (χ3n) is 2.87. The van der Waals surface area contributed by atoms with Crippen LogP contribution in [0.4, 0.5) is 0 Å². The van der Waals surface area contributed by atoms with Gasteiger partial charge in [0.15, 0.2) is 6.61 Å². The molecule has 2 aromatic carbocycles. The molecule has 0 aliphatic carbocycles. The number of carbonyl (C=O) groups excluding carboxylic acids is 2. The van der Waals surface area contributed by atoms with Crippen molar-refractivity contribution in [2.24, 2.45) is 0 Å². The lowest BCUT2D eigenvalue weighted by Crippen LogP contribution is -2.14. The fourth-order valence-electron chi connectivity index (χ4n) is 1.73. The molecule has 0 spiro atoms. The van der Waals surface area contributed by atoms with Gasteiger partial charge in [0, 0.05) is 0 Å². The number of ether oxygens (including phenoxy) is 3. The van der Waals surface area contributed by atoms with Gasteiger partial charge in [-0.2, -0.15) is 0 Å². The van der Waals surface area contributed by atoms with Gasteiger partial charge in [0.2, 0.25) is 0 Å². The van der Waals surface area contributed by atoms with Gasteiger partial charge >= 0.3 is 11.9 Å². The van der Waals surface area contributed by atoms with E-state index in [-0.39, 0.29) is 13.2 Å². The van der Waals surface area contributed by atoms with Crippen molar-refractivity contribution in [1.29, 1.82) is 0 Å². The zero-order valence-electron chi connectivity index (χ0n) is 12.2. The van der Waals surface area contributed by atoms with E-state index in [0.717, 1.165) is 5.56 Å². The molecule has 2 rings (SSSR count). The van der Waals surface area contributed by atoms with Crippen molar-refractivity contribution in [3.05, 3.63) is 65.7 Å². The molecule has 0 bridgehead atoms. The third-order valence-corrected chi connectivity index (χ3v) is 2.87. The summed E-state index contributed by atoms with van der Waals surface area (Å²) in [7, 11) is 1.31. The largest absolute Gasteiger partial charge is 0.482 e. The molecule has 0 fully saturated rings. The van der Waals surface area contributed by atoms with E-state index >= 15 is 0 Å². The van der Waals surface area contributed by atoms with Gasteiger partial charge in [-0.3, -0.25) is 0 Å². The lowest BCUT2D eigenvalue weighted by molar-refractivity contribution is -0.147. The summed E-state index contributed by atoms with van der Waals surface area (Å²) in [4.78, 5) is 22.9. The first-order valence-corrected chi connectivity index (χ1v) is 6.70. The van der Waals surface area contributed by atoms with Gasteiger partial charge < -0.3 is 14.2 Å². The molecule has 5 heteroatoms. The predicted octanol–water partition coefficient (Wildman–Crippen LogP) is 2.60. The van der Waals surface area contributed by atoms with Crippen LogP contribution >= 0.6 is 0 Å². The summed E-state index contributed by atoms with van der Waals surface area (Å²) in [5.41, 5.74) is 1.33. The molecule has 0 aliphatic heterocycles. The van der Waals surface area contributed by atoms with Gasteiger partial charge in [-0.15, -0.1) is 0 Å². The van der Waals surface area contributed by atoms with Crippen molar-refractivity contribution in [3.8, 4) is 5.75 Å². The number of rotatable bonds is 6. The molecule has 114 valence electrons. The summed E-state index contributed by atoms with van der Waals surface area (Å²) in [6, 6.07) is 15.7. The summed E-state index contributed by atoms with van der Waals surface area (Å²) < 4.78 is 15.0. The van der Waals surface area contributed by atoms with Crippen LogP contribution in [0.2, 0.25) is 0 Å². The molecule has 2 aromatic rings. The molecule has 0 heterocycles. The fourth-order valence-corrected chi connectivity index (χ4v) is 1.73. The molecule has 0 N–H and O–H groups in total. The van der Waals surface area contributed by atoms with Gasteiger partial charge in [-0.1, -0.05) is 30.3 Å². The van der Waals surface area contributed by atoms with Gasteiger partial charge in [0.25, 0.3) is 0 Å². The zero-order valence-corrected chi connectivity index (χ0v) is 12.2. The van der Waals surface area contributed by atoms with Crippen molar-refractivity contribution < 1.29 is 23.8 Å². The topological polar surface area (TPSA) is 61.8 Å². The number of esters is 2. The quantitative estimate of drug-likeness (QED) is 0.767. The Balaban J connectivity index is 1.77. The second-order valence-electron chi connectivity index (χ2n) is 4.45. The van der Waals surface area contributed by atoms with E-state index in [1.807, 2.05) is 30.3 Å². The van der Waals surface area contributed by atoms with E-state index in [9.17, 15) is 9.59 Å². The monoisotopic (exact) mass is 300 g/mol. The average molecular weight is 300 g/mol. The van der Waals surface area contributed by atoms with E-state index in [1.54, 1.807) is 24.3 Å². The molecule has 0 atom stereocenters. The predicted molar refractivity (Wildman–Crippen MR) is 79.5 cm³/mol. The highest BCUT2D eigenvalue weighted by Gasteiger charge is 2.07. The van der Waals surface area contributed by atoms with Crippen LogP contribution in [0.3, 0.4) is 0 Å². The number of hydrogen-bond acceptors (Lipinski definition) is 5. The highest BCUT2D eigenvalue weighted by molar-refractivity contribution is 5.89. The molecule has 0 amide bonds. The highest BCUT2D eigenvalue weighted by Crippen LogP contribution is 2.13. The van der Waals surface area contributed by atoms with Crippen molar-refractivity contribution >= 4 is 11.9 Å². The van der Waals surface area contributed by atoms with Gasteiger partial charge in [-0.05, 0) is 29.8 Å². The molecule has 0 radical (unpaired) electrons. The molecule has 0 unspecified atom stereocenters. The van der Waals surface area contributed by atoms with Crippen LogP contribution in [0.15, 0.2) is 54.6 Å². The zero-order chi connectivity index (χ0) is 15.8. The van der Waals surface area contributed by atoms with Crippen LogP contribution in [0.5, 0.6) is 5.75 Å². The van der Waals surface area contributed by atoms with Crippen molar-refractivity contribution in [2.75, 3.05) is 13.7 Å². The van der Waals surface area contributed by atoms with E-state index < -0.39 is 11.9 Å². The van der Waals surface area contributed by atoms with Crippen LogP contribution in [-0.4, -0.2) is 25.7 Å². The highest BCUT2D eigenvalue weighted by atomic mass is 16.6. The standard InChI is InChI=1S/C17H16O5/c1-20-17(19)14-7-9-15(10-8-14)21-12-16(18)22-11-13-5-3-2-4-6-13/h2-10H,11-12H2,1H3. The number of benzene rings is 2. The molecule has 0 saturated carbocycles. The van der Waals surface area contributed by atoms with E-state index in [0.29, 0.717) is 11.3 Å². The Morgan fingerprint density at radius 2 is 1.64 bits per heavy atom. The molecule has 0 aromatic heterocycles. The fraction of sp³-hybridized carbons (Fsp3) is 0.176. The van der Waals surface area contributed by atoms with E-state index in [2.05, 4.69) is 4.74 Å². The summed E-state index contributed by atoms with van der Waals surface area (Å²) >= 11 is 0. The van der Waals surface area contributed by atoms with E-state index in [1.165, 1.54) is 7.11 Å². The molecular weight excluding hydrogens is 284 g/mol. The molecule has 22 heavy (non-hydrogen) atoms. The lowest BCUT2D eigenvalue weighted by atomic mass is 10.2. The van der Waals surface area contributed by atoms with Crippen LogP contribution in [0.1, 0.15) is 15.9 Å². The Kier molecular flexibility index (Phi) is 5.54. The first-order valence-electron chi connectivity index (χ1n) is 6.70. The minimum atomic E-state index is -0.458. The summed E-state index contributed by atoms with van der Waals surface area (Å²) in [6.45, 7) is 0.0225. The summed E-state index contributed by atoms with van der Waals surface area (Å²) in [6.07, 6.45) is 0. The van der Waals surface area contributed by atoms with Crippen molar-refractivity contribution in [2.45, 2.75) is 6.61 Å². The molecule has 0 aliphatic rings. The number of hydrogen-bond donors (Lipinski definition) is 0. The smallest absolute Gasteiger partial charge is 0.344 e. The summed E-state index contributed by atoms with van der Waals surface area (Å²) in [5, 5.41) is 0. The van der Waals surface area contributed by atoms with Crippen molar-refractivity contribution in [1.82, 2.24) is 0 Å². The van der Waals surface area contributed by atoms with E-state index in [4.69, 9.17) is 9.47 Å². The van der Waals surface area contributed by atoms with Gasteiger partial charge in [-0.25, -0.2) is 9.59 Å². The Hall–Kier alpha value is -2.82. The van der Waals surface area contributed by atoms with Crippen LogP contribution in [-0.2, 0) is 20.9 Å². The normalized spacial score (nSPS) is 9.86. The van der Waals surface area contributed by atoms with Crippen LogP contribution in [0.25, 0.3) is 0 Å². The molecule has 0 saturated heterocycles. The summed E-state index contributed by atoms with van der Waals surface area (Å²) in [5.74, 6) is -0.404. The van der Waals surface area contributed by atoms with Crippen molar-refractivity contribution in [3.63, 3.8) is 0 Å². The minimum absolute atomic E-state index is 0.190. The number of methoxy groups -OCH3 is 1. The second kappa shape index (κ2) is 7.83. The Bertz CT molecular complexity index is 619. The first kappa shape index (κ1) is 15.6. The van der Waals surface area contributed by atoms with Gasteiger partial charge in [0.1, 0.15) is 12.4 Å². The van der Waals surface area contributed by atoms with Gasteiger partial charge in [0.05, 0.1) is 12.7 Å². The number of carbonyl (C=O) groups is 2. The Morgan fingerprint density at radius 3 is 2.27 bits per heavy atom. The third kappa shape index (κ3) is 4.63. The average Bonchev–Trinajstić information content (AvgIpc) is 2.58. The molecular formula is C17H16O5. The maximum atomic E-state index is 11.6. The van der Waals surface area contributed by atoms with Crippen LogP contribution in [0, 0.1) is 0 Å².